The molecule has 4 aliphatic rings. The van der Waals surface area contributed by atoms with Gasteiger partial charge in [-0.2, -0.15) is 0 Å². The largest absolute Gasteiger partial charge is 0.352 e. The maximum atomic E-state index is 13.9. The Morgan fingerprint density at radius 1 is 0.635 bits per heavy atom. The lowest BCUT2D eigenvalue weighted by Crippen LogP contribution is -2.55. The van der Waals surface area contributed by atoms with Crippen molar-refractivity contribution in [2.75, 3.05) is 27.2 Å². The Labute approximate surface area is 375 Å². The van der Waals surface area contributed by atoms with Gasteiger partial charge in [-0.25, -0.2) is 0 Å². The lowest BCUT2D eigenvalue weighted by atomic mass is 9.87. The highest BCUT2D eigenvalue weighted by Crippen LogP contribution is 2.32. The van der Waals surface area contributed by atoms with Crippen LogP contribution in [-0.2, 0) is 41.6 Å². The van der Waals surface area contributed by atoms with Gasteiger partial charge >= 0.3 is 0 Å². The molecule has 6 amide bonds. The molecular weight excluding hydrogens is 797 g/mol. The van der Waals surface area contributed by atoms with Crippen LogP contribution in [0.25, 0.3) is 0 Å². The van der Waals surface area contributed by atoms with Gasteiger partial charge in [-0.3, -0.25) is 28.8 Å². The number of unbranched alkanes of at least 4 members (excludes halogenated alkanes) is 3. The molecule has 8 atom stereocenters. The van der Waals surface area contributed by atoms with E-state index in [1.165, 1.54) is 22.3 Å². The fourth-order valence-electron chi connectivity index (χ4n) is 9.45. The second-order valence-corrected chi connectivity index (χ2v) is 18.0. The number of hydrogen-bond donors (Lipinski definition) is 6. The second kappa shape index (κ2) is 24.9. The predicted octanol–water partition coefficient (Wildman–Crippen LogP) is 4.52. The second-order valence-electron chi connectivity index (χ2n) is 18.0. The molecule has 14 heteroatoms. The molecule has 346 valence electrons. The summed E-state index contributed by atoms with van der Waals surface area (Å²) in [6.07, 6.45) is 15.0. The maximum absolute atomic E-state index is 13.9. The fraction of sp³-hybridized carbons (Fsp3) is 0.633. The Balaban J connectivity index is 0.000000308. The summed E-state index contributed by atoms with van der Waals surface area (Å²) in [5.41, 5.74) is 5.03. The molecule has 2 saturated heterocycles. The number of nitrogens with one attached hydrogen (secondary N) is 6. The van der Waals surface area contributed by atoms with E-state index >= 15 is 0 Å². The summed E-state index contributed by atoms with van der Waals surface area (Å²) in [6.45, 7) is 6.83. The number of carbonyl (C=O) groups is 6. The van der Waals surface area contributed by atoms with Gasteiger partial charge in [0.15, 0.2) is 0 Å². The maximum Gasteiger partial charge on any atom is 0.245 e. The van der Waals surface area contributed by atoms with Gasteiger partial charge in [0.2, 0.25) is 35.9 Å². The smallest absolute Gasteiger partial charge is 0.245 e. The van der Waals surface area contributed by atoms with Crippen LogP contribution in [0.5, 0.6) is 0 Å². The fourth-order valence-corrected chi connectivity index (χ4v) is 9.45. The van der Waals surface area contributed by atoms with Crippen LogP contribution in [0.15, 0.2) is 48.5 Å². The highest BCUT2D eigenvalue weighted by atomic mass is 16.2. The molecule has 63 heavy (non-hydrogen) atoms. The summed E-state index contributed by atoms with van der Waals surface area (Å²) in [7, 11) is 3.48. The van der Waals surface area contributed by atoms with Gasteiger partial charge in [-0.05, 0) is 134 Å². The minimum atomic E-state index is -0.673. The summed E-state index contributed by atoms with van der Waals surface area (Å²) < 4.78 is 0. The Kier molecular flexibility index (Phi) is 19.4. The average Bonchev–Trinajstić information content (AvgIpc) is 4.00. The summed E-state index contributed by atoms with van der Waals surface area (Å²) in [6, 6.07) is 14.6. The normalized spacial score (nSPS) is 22.2. The van der Waals surface area contributed by atoms with Crippen LogP contribution < -0.4 is 31.9 Å². The van der Waals surface area contributed by atoms with Gasteiger partial charge in [0.1, 0.15) is 18.1 Å². The summed E-state index contributed by atoms with van der Waals surface area (Å²) in [4.78, 5) is 78.9. The molecule has 6 rings (SSSR count). The van der Waals surface area contributed by atoms with E-state index in [1.54, 1.807) is 30.8 Å². The highest BCUT2D eigenvalue weighted by molar-refractivity contribution is 5.93. The van der Waals surface area contributed by atoms with Crippen LogP contribution in [0.1, 0.15) is 145 Å². The van der Waals surface area contributed by atoms with Crippen molar-refractivity contribution in [1.82, 2.24) is 41.7 Å². The van der Waals surface area contributed by atoms with E-state index in [1.807, 2.05) is 38.1 Å². The van der Waals surface area contributed by atoms with Crippen LogP contribution in [0, 0.1) is 0 Å². The number of aryl methyl sites for hydroxylation is 2. The highest BCUT2D eigenvalue weighted by Gasteiger charge is 2.39. The molecule has 0 saturated carbocycles. The average molecular weight is 871 g/mol. The van der Waals surface area contributed by atoms with Crippen molar-refractivity contribution in [1.29, 1.82) is 0 Å². The molecular formula is C49H74N8O6. The molecule has 2 aliphatic carbocycles. The molecule has 0 bridgehead atoms. The predicted molar refractivity (Wildman–Crippen MR) is 245 cm³/mol. The first-order valence-electron chi connectivity index (χ1n) is 23.7. The third-order valence-electron chi connectivity index (χ3n) is 13.5. The zero-order chi connectivity index (χ0) is 45.3. The lowest BCUT2D eigenvalue weighted by Gasteiger charge is -2.32. The van der Waals surface area contributed by atoms with Gasteiger partial charge < -0.3 is 41.7 Å². The number of fused-ring (bicyclic) bond motifs is 2. The van der Waals surface area contributed by atoms with Crippen molar-refractivity contribution in [3.8, 4) is 0 Å². The van der Waals surface area contributed by atoms with Gasteiger partial charge in [-0.1, -0.05) is 74.2 Å². The Morgan fingerprint density at radius 2 is 1.14 bits per heavy atom. The number of carbonyl (C=O) groups excluding carboxylic acids is 6. The van der Waals surface area contributed by atoms with E-state index in [0.717, 1.165) is 96.3 Å². The molecule has 2 heterocycles. The number of nitrogens with zero attached hydrogens (tertiary/aromatic N) is 2. The number of rotatable bonds is 19. The van der Waals surface area contributed by atoms with E-state index in [0.29, 0.717) is 25.9 Å². The molecule has 2 fully saturated rings. The third-order valence-corrected chi connectivity index (χ3v) is 13.5. The van der Waals surface area contributed by atoms with Crippen molar-refractivity contribution in [3.63, 3.8) is 0 Å². The zero-order valence-electron chi connectivity index (χ0n) is 38.4. The number of hydrogen-bond acceptors (Lipinski definition) is 8. The molecule has 14 nitrogen and oxygen atoms in total. The Morgan fingerprint density at radius 3 is 1.71 bits per heavy atom. The molecule has 6 N–H and O–H groups in total. The minimum Gasteiger partial charge on any atom is -0.352 e. The van der Waals surface area contributed by atoms with Crippen molar-refractivity contribution >= 4 is 35.9 Å². The van der Waals surface area contributed by atoms with E-state index in [4.69, 9.17) is 0 Å². The lowest BCUT2D eigenvalue weighted by molar-refractivity contribution is -0.142. The molecule has 2 aromatic carbocycles. The van der Waals surface area contributed by atoms with Crippen molar-refractivity contribution < 1.29 is 28.8 Å². The molecule has 2 aromatic rings. The van der Waals surface area contributed by atoms with Crippen molar-refractivity contribution in [2.24, 2.45) is 0 Å². The van der Waals surface area contributed by atoms with Gasteiger partial charge in [-0.15, -0.1) is 0 Å². The van der Waals surface area contributed by atoms with Gasteiger partial charge in [0, 0.05) is 19.1 Å². The third kappa shape index (κ3) is 13.8. The number of benzene rings is 2. The van der Waals surface area contributed by atoms with Crippen LogP contribution in [-0.4, -0.2) is 109 Å². The quantitative estimate of drug-likeness (QED) is 0.0881. The van der Waals surface area contributed by atoms with E-state index in [2.05, 4.69) is 56.2 Å². The van der Waals surface area contributed by atoms with Crippen LogP contribution in [0.3, 0.4) is 0 Å². The summed E-state index contributed by atoms with van der Waals surface area (Å²) in [5.74, 6) is -0.503. The minimum absolute atomic E-state index is 0.000323. The van der Waals surface area contributed by atoms with Gasteiger partial charge in [0.05, 0.1) is 24.2 Å². The summed E-state index contributed by atoms with van der Waals surface area (Å²) in [5, 5.41) is 18.3. The zero-order valence-corrected chi connectivity index (χ0v) is 38.4. The molecule has 0 aromatic heterocycles. The first-order chi connectivity index (χ1) is 30.4. The van der Waals surface area contributed by atoms with Crippen molar-refractivity contribution in [2.45, 2.75) is 172 Å². The first-order valence-corrected chi connectivity index (χ1v) is 23.7. The number of likely N-dealkylation sites (N-methyl/N-ethyl adjacent to an activating group) is 2. The van der Waals surface area contributed by atoms with Crippen LogP contribution in [0.2, 0.25) is 0 Å². The topological polar surface area (TPSA) is 181 Å². The Hall–Kier alpha value is -4.82. The van der Waals surface area contributed by atoms with E-state index < -0.39 is 18.1 Å². The Bertz CT molecular complexity index is 1840. The van der Waals surface area contributed by atoms with Gasteiger partial charge in [0.25, 0.3) is 0 Å². The molecule has 7 unspecified atom stereocenters. The number of amides is 6. The first kappa shape index (κ1) is 49.2. The monoisotopic (exact) mass is 871 g/mol. The molecule has 2 aliphatic heterocycles. The van der Waals surface area contributed by atoms with E-state index in [-0.39, 0.29) is 59.7 Å². The van der Waals surface area contributed by atoms with E-state index in [9.17, 15) is 28.8 Å². The molecule has 0 radical (unpaired) electrons. The standard InChI is InChI=1S/C33H54N6O4.C16H20N2O2/c1-22(36-30(40)23(2)34-4)14-8-6-7-9-18-28(38-31(41)24(3)35-5)33(43)39-21-13-20-29(39)32(42)37-27-19-12-16-25-15-10-11-17-26(25)27;19-11-18-10-4-9-15(18)16(20)17-14-8-3-6-12-5-1-2-7-13(12)14/h10-11,15,17,22-24,27-29,34-35H,6-9,12-14,16,18-21H2,1-5H3,(H,36,40)(H,37,42)(H,38,41);1-2,5,7,11,14-15H,3-4,6,8-10H2,(H,17,20)/t22?,23?,24?,27?,28?,29-;/m0./s1. The van der Waals surface area contributed by atoms with Crippen LogP contribution >= 0.6 is 0 Å². The summed E-state index contributed by atoms with van der Waals surface area (Å²) >= 11 is 0. The number of likely N-dealkylation sites (tertiary alicyclic amines) is 2. The SMILES string of the molecule is CNC(C)C(=O)NC(C)CCCCCCC(NC(=O)C(C)NC)C(=O)N1CCC[C@H]1C(=O)NC1CCCc2ccccc21.O=CN1CCCC1C(=O)NC1CCCc2ccccc21. The molecule has 0 spiro atoms. The van der Waals surface area contributed by atoms with Crippen molar-refractivity contribution in [3.05, 3.63) is 70.8 Å². The van der Waals surface area contributed by atoms with Crippen LogP contribution in [0.4, 0.5) is 0 Å².